The summed E-state index contributed by atoms with van der Waals surface area (Å²) in [6.45, 7) is 0. The van der Waals surface area contributed by atoms with Gasteiger partial charge in [0.25, 0.3) is 0 Å². The normalized spacial score (nSPS) is 16.5. The molecule has 3 heteroatoms. The molecule has 10 radical (unpaired) electrons. The van der Waals surface area contributed by atoms with Gasteiger partial charge < -0.3 is 0 Å². The van der Waals surface area contributed by atoms with Crippen molar-refractivity contribution in [1.29, 1.82) is 0 Å². The third-order valence-corrected chi connectivity index (χ3v) is 12.7. The first-order chi connectivity index (χ1) is 21.8. The maximum atomic E-state index is 2.35. The smallest absolute Gasteiger partial charge is 0.0622 e. The van der Waals surface area contributed by atoms with Crippen LogP contribution in [0.4, 0.5) is 0 Å². The van der Waals surface area contributed by atoms with Gasteiger partial charge in [0.15, 0.2) is 0 Å². The van der Waals surface area contributed by atoms with Crippen LogP contribution in [-0.2, 0) is 17.1 Å². The van der Waals surface area contributed by atoms with Gasteiger partial charge in [-0.1, -0.05) is 133 Å². The number of hydrogen-bond acceptors (Lipinski definition) is 0. The Bertz CT molecular complexity index is 1660. The topological polar surface area (TPSA) is 0 Å². The van der Waals surface area contributed by atoms with Crippen molar-refractivity contribution in [1.82, 2.24) is 0 Å². The summed E-state index contributed by atoms with van der Waals surface area (Å²) in [7, 11) is -0.964. The third-order valence-electron chi connectivity index (χ3n) is 7.82. The van der Waals surface area contributed by atoms with E-state index in [1.807, 2.05) is 0 Å². The van der Waals surface area contributed by atoms with Crippen LogP contribution in [0.15, 0.2) is 146 Å². The van der Waals surface area contributed by atoms with E-state index < -0.39 is 15.8 Å². The monoisotopic (exact) mass is 654 g/mol. The van der Waals surface area contributed by atoms with Crippen LogP contribution in [0.1, 0.15) is 0 Å². The van der Waals surface area contributed by atoms with Crippen LogP contribution >= 0.6 is 15.8 Å². The molecule has 0 aromatic heterocycles. The van der Waals surface area contributed by atoms with Crippen molar-refractivity contribution in [3.8, 4) is 0 Å². The van der Waals surface area contributed by atoms with E-state index in [2.05, 4.69) is 197 Å². The summed E-state index contributed by atoms with van der Waals surface area (Å²) in [5.74, 6) is 0. The summed E-state index contributed by atoms with van der Waals surface area (Å²) >= 11 is 0. The van der Waals surface area contributed by atoms with Crippen molar-refractivity contribution in [3.05, 3.63) is 208 Å². The molecule has 0 spiro atoms. The number of hydrogen-bond donors (Lipinski definition) is 0. The number of fused-ring (bicyclic) bond motifs is 2. The van der Waals surface area contributed by atoms with Gasteiger partial charge in [-0.2, -0.15) is 0 Å². The summed E-state index contributed by atoms with van der Waals surface area (Å²) in [4.78, 5) is 0. The van der Waals surface area contributed by atoms with Gasteiger partial charge in [0.1, 0.15) is 0 Å². The van der Waals surface area contributed by atoms with E-state index in [1.54, 1.807) is 0 Å². The van der Waals surface area contributed by atoms with Crippen LogP contribution in [0.3, 0.4) is 0 Å². The molecule has 2 aliphatic rings. The minimum absolute atomic E-state index is 0. The largest absolute Gasteiger partial charge is 2.00 e. The fourth-order valence-electron chi connectivity index (χ4n) is 5.71. The predicted molar refractivity (Wildman–Crippen MR) is 194 cm³/mol. The molecule has 6 aromatic carbocycles. The summed E-state index contributed by atoms with van der Waals surface area (Å²) in [5.41, 5.74) is 2.83. The van der Waals surface area contributed by atoms with Gasteiger partial charge in [-0.15, -0.1) is 0 Å². The van der Waals surface area contributed by atoms with Gasteiger partial charge >= 0.3 is 17.1 Å². The molecule has 2 fully saturated rings. The molecular formula is C42H32FeP2+2. The van der Waals surface area contributed by atoms with E-state index in [1.165, 1.54) is 54.1 Å². The summed E-state index contributed by atoms with van der Waals surface area (Å²) < 4.78 is 0. The van der Waals surface area contributed by atoms with E-state index in [4.69, 9.17) is 0 Å². The van der Waals surface area contributed by atoms with Gasteiger partial charge in [0.2, 0.25) is 0 Å². The van der Waals surface area contributed by atoms with Gasteiger partial charge in [-0.05, 0) is 122 Å². The van der Waals surface area contributed by atoms with Gasteiger partial charge in [0, 0.05) is 11.3 Å². The maximum absolute atomic E-state index is 2.35. The van der Waals surface area contributed by atoms with Crippen LogP contribution in [0, 0.1) is 62.7 Å². The van der Waals surface area contributed by atoms with E-state index in [0.717, 1.165) is 0 Å². The Hall–Kier alpha value is -2.78. The molecular weight excluding hydrogens is 622 g/mol. The Labute approximate surface area is 282 Å². The average Bonchev–Trinajstić information content (AvgIpc) is 3.82. The molecule has 6 aromatic rings. The predicted octanol–water partition coefficient (Wildman–Crippen LogP) is 9.27. The molecule has 216 valence electrons. The number of rotatable bonds is 6. The zero-order chi connectivity index (χ0) is 29.6. The van der Waals surface area contributed by atoms with Crippen molar-refractivity contribution < 1.29 is 17.1 Å². The minimum atomic E-state index is -0.482. The van der Waals surface area contributed by atoms with Crippen molar-refractivity contribution in [2.45, 2.75) is 0 Å². The minimum Gasteiger partial charge on any atom is -0.0622 e. The molecule has 0 amide bonds. The second-order valence-electron chi connectivity index (χ2n) is 10.7. The molecule has 0 heterocycles. The molecule has 0 nitrogen and oxygen atoms in total. The Morgan fingerprint density at radius 3 is 1.00 bits per heavy atom. The standard InChI is InChI=1S/2C21H16P.Fe/c2*1-2-10-19(11-3-1)22(20-12-6-7-13-20)21-15-14-17-8-4-5-9-18(17)16-21;/h2*1-16H;/q;;+2/t2*22-;/m11./s1. The quantitative estimate of drug-likeness (QED) is 0.124. The molecule has 2 atom stereocenters. The SMILES string of the molecule is [CH]1[CH][CH][C]([P@@](c2ccccc2)c2ccc3ccccc3c2)[CH]1.[CH]1[CH][CH][C]([P@@](c2ccccc2)c2ccc3ccccc3c2)[CH]1.[Fe+2]. The van der Waals surface area contributed by atoms with Crippen LogP contribution in [0.2, 0.25) is 0 Å². The summed E-state index contributed by atoms with van der Waals surface area (Å²) in [6, 6.07) is 52.6. The molecule has 8 rings (SSSR count). The average molecular weight is 655 g/mol. The summed E-state index contributed by atoms with van der Waals surface area (Å²) in [5, 5.41) is 10.9. The molecule has 45 heavy (non-hydrogen) atoms. The van der Waals surface area contributed by atoms with Gasteiger partial charge in [0.05, 0.1) is 0 Å². The molecule has 0 bridgehead atoms. The molecule has 0 unspecified atom stereocenters. The second-order valence-corrected chi connectivity index (χ2v) is 15.1. The first-order valence-corrected chi connectivity index (χ1v) is 17.6. The molecule has 0 N–H and O–H groups in total. The van der Waals surface area contributed by atoms with Crippen molar-refractivity contribution >= 4 is 58.6 Å². The Morgan fingerprint density at radius 2 is 0.622 bits per heavy atom. The van der Waals surface area contributed by atoms with Crippen molar-refractivity contribution in [3.63, 3.8) is 0 Å². The maximum Gasteiger partial charge on any atom is 2.00 e. The molecule has 2 aliphatic carbocycles. The van der Waals surface area contributed by atoms with Crippen LogP contribution in [-0.4, -0.2) is 0 Å². The molecule has 0 saturated heterocycles. The first-order valence-electron chi connectivity index (χ1n) is 14.9. The van der Waals surface area contributed by atoms with Gasteiger partial charge in [-0.25, -0.2) is 0 Å². The fraction of sp³-hybridized carbons (Fsp3) is 0. The van der Waals surface area contributed by atoms with E-state index >= 15 is 0 Å². The van der Waals surface area contributed by atoms with Crippen LogP contribution in [0.5, 0.6) is 0 Å². The van der Waals surface area contributed by atoms with Gasteiger partial charge in [-0.3, -0.25) is 0 Å². The van der Waals surface area contributed by atoms with E-state index in [9.17, 15) is 0 Å². The summed E-state index contributed by atoms with van der Waals surface area (Å²) in [6.07, 6.45) is 17.5. The Kier molecular flexibility index (Phi) is 11.2. The van der Waals surface area contributed by atoms with E-state index in [-0.39, 0.29) is 17.1 Å². The second kappa shape index (κ2) is 15.7. The number of benzene rings is 6. The van der Waals surface area contributed by atoms with Crippen LogP contribution < -0.4 is 21.2 Å². The fourth-order valence-corrected chi connectivity index (χ4v) is 10.4. The first kappa shape index (κ1) is 32.2. The molecule has 0 aliphatic heterocycles. The van der Waals surface area contributed by atoms with E-state index in [0.29, 0.717) is 0 Å². The van der Waals surface area contributed by atoms with Crippen LogP contribution in [0.25, 0.3) is 21.5 Å². The molecule has 2 saturated carbocycles. The zero-order valence-electron chi connectivity index (χ0n) is 24.7. The van der Waals surface area contributed by atoms with Crippen molar-refractivity contribution in [2.75, 3.05) is 0 Å². The Balaban J connectivity index is 0.000000155. The zero-order valence-corrected chi connectivity index (χ0v) is 27.6. The third kappa shape index (κ3) is 7.62. The van der Waals surface area contributed by atoms with Crippen molar-refractivity contribution in [2.24, 2.45) is 0 Å². The Morgan fingerprint density at radius 1 is 0.289 bits per heavy atom.